The van der Waals surface area contributed by atoms with Crippen LogP contribution in [0.1, 0.15) is 29.7 Å². The van der Waals surface area contributed by atoms with E-state index in [2.05, 4.69) is 0 Å². The molecule has 0 saturated carbocycles. The van der Waals surface area contributed by atoms with Gasteiger partial charge in [-0.15, -0.1) is 12.4 Å². The van der Waals surface area contributed by atoms with Gasteiger partial charge in [-0.3, -0.25) is 0 Å². The molecule has 1 nitrogen and oxygen atoms in total. The molecule has 8 heteroatoms. The van der Waals surface area contributed by atoms with Crippen molar-refractivity contribution in [2.45, 2.75) is 25.3 Å². The van der Waals surface area contributed by atoms with E-state index in [0.29, 0.717) is 18.2 Å². The largest absolute Gasteiger partial charge is 0.416 e. The Bertz CT molecular complexity index is 410. The lowest BCUT2D eigenvalue weighted by atomic mass is 9.98. The number of halogens is 7. The summed E-state index contributed by atoms with van der Waals surface area (Å²) in [5.41, 5.74) is 2.41. The average Bonchev–Trinajstić information content (AvgIpc) is 2.14. The highest BCUT2D eigenvalue weighted by Crippen LogP contribution is 2.38. The predicted molar refractivity (Wildman–Crippen MR) is 56.3 cm³/mol. The minimum Gasteiger partial charge on any atom is -0.324 e. The first-order valence-electron chi connectivity index (χ1n) is 4.57. The van der Waals surface area contributed by atoms with Crippen molar-refractivity contribution in [2.24, 2.45) is 5.73 Å². The zero-order valence-corrected chi connectivity index (χ0v) is 9.88. The molecule has 0 heterocycles. The fourth-order valence-electron chi connectivity index (χ4n) is 1.37. The van der Waals surface area contributed by atoms with Gasteiger partial charge in [-0.2, -0.15) is 26.3 Å². The van der Waals surface area contributed by atoms with Crippen LogP contribution in [0.5, 0.6) is 0 Å². The Morgan fingerprint density at radius 2 is 1.50 bits per heavy atom. The van der Waals surface area contributed by atoms with Crippen LogP contribution in [0.2, 0.25) is 0 Å². The zero-order chi connectivity index (χ0) is 13.4. The van der Waals surface area contributed by atoms with Crippen molar-refractivity contribution in [3.63, 3.8) is 0 Å². The zero-order valence-electron chi connectivity index (χ0n) is 9.06. The molecular formula is C10H10ClF6N. The summed E-state index contributed by atoms with van der Waals surface area (Å²) >= 11 is 0. The van der Waals surface area contributed by atoms with Gasteiger partial charge in [0.25, 0.3) is 0 Å². The lowest BCUT2D eigenvalue weighted by molar-refractivity contribution is -0.142. The van der Waals surface area contributed by atoms with Crippen LogP contribution in [0.4, 0.5) is 26.3 Å². The summed E-state index contributed by atoms with van der Waals surface area (Å²) in [7, 11) is 0. The van der Waals surface area contributed by atoms with Gasteiger partial charge in [0, 0.05) is 6.04 Å². The number of benzene rings is 1. The van der Waals surface area contributed by atoms with Crippen molar-refractivity contribution in [2.75, 3.05) is 0 Å². The summed E-state index contributed by atoms with van der Waals surface area (Å²) in [5, 5.41) is 0. The number of nitrogens with two attached hydrogens (primary N) is 1. The molecule has 0 amide bonds. The van der Waals surface area contributed by atoms with Gasteiger partial charge in [0.15, 0.2) is 0 Å². The number of rotatable bonds is 1. The molecule has 0 aliphatic heterocycles. The summed E-state index contributed by atoms with van der Waals surface area (Å²) in [4.78, 5) is 0. The minimum atomic E-state index is -4.72. The van der Waals surface area contributed by atoms with Crippen molar-refractivity contribution < 1.29 is 26.3 Å². The molecule has 0 aliphatic rings. The second-order valence-corrected chi connectivity index (χ2v) is 3.59. The minimum absolute atomic E-state index is 0. The first-order valence-corrected chi connectivity index (χ1v) is 4.57. The summed E-state index contributed by atoms with van der Waals surface area (Å²) in [6.45, 7) is 1.20. The SMILES string of the molecule is C[C@H](N)c1cc(C(F)(F)F)ccc1C(F)(F)F.Cl. The maximum absolute atomic E-state index is 12.5. The van der Waals surface area contributed by atoms with Gasteiger partial charge in [-0.1, -0.05) is 0 Å². The normalized spacial score (nSPS) is 14.0. The van der Waals surface area contributed by atoms with Gasteiger partial charge in [-0.25, -0.2) is 0 Å². The maximum atomic E-state index is 12.5. The Kier molecular flexibility index (Phi) is 5.07. The molecule has 1 aromatic carbocycles. The molecule has 0 radical (unpaired) electrons. The van der Waals surface area contributed by atoms with E-state index in [1.807, 2.05) is 0 Å². The summed E-state index contributed by atoms with van der Waals surface area (Å²) in [6, 6.07) is 0.109. The molecule has 104 valence electrons. The van der Waals surface area contributed by atoms with E-state index in [-0.39, 0.29) is 12.4 Å². The second-order valence-electron chi connectivity index (χ2n) is 3.59. The molecule has 1 atom stereocenters. The molecule has 1 aromatic rings. The van der Waals surface area contributed by atoms with Gasteiger partial charge in [-0.05, 0) is 30.7 Å². The van der Waals surface area contributed by atoms with Crippen LogP contribution < -0.4 is 5.73 Å². The first-order chi connectivity index (χ1) is 7.53. The van der Waals surface area contributed by atoms with Crippen LogP contribution in [0, 0.1) is 0 Å². The van der Waals surface area contributed by atoms with Crippen molar-refractivity contribution in [3.05, 3.63) is 34.9 Å². The van der Waals surface area contributed by atoms with E-state index < -0.39 is 35.1 Å². The van der Waals surface area contributed by atoms with Gasteiger partial charge in [0.1, 0.15) is 0 Å². The van der Waals surface area contributed by atoms with Gasteiger partial charge < -0.3 is 5.73 Å². The van der Waals surface area contributed by atoms with E-state index in [1.165, 1.54) is 6.92 Å². The van der Waals surface area contributed by atoms with Crippen LogP contribution in [0.25, 0.3) is 0 Å². The third-order valence-electron chi connectivity index (χ3n) is 2.17. The molecule has 0 bridgehead atoms. The average molecular weight is 294 g/mol. The van der Waals surface area contributed by atoms with E-state index in [1.54, 1.807) is 0 Å². The van der Waals surface area contributed by atoms with E-state index in [9.17, 15) is 26.3 Å². The molecular weight excluding hydrogens is 284 g/mol. The quantitative estimate of drug-likeness (QED) is 0.773. The second kappa shape index (κ2) is 5.36. The molecule has 0 unspecified atom stereocenters. The fraction of sp³-hybridized carbons (Fsp3) is 0.400. The molecule has 0 fully saturated rings. The van der Waals surface area contributed by atoms with Crippen molar-refractivity contribution in [1.29, 1.82) is 0 Å². The smallest absolute Gasteiger partial charge is 0.324 e. The Morgan fingerprint density at radius 3 is 1.83 bits per heavy atom. The lowest BCUT2D eigenvalue weighted by Gasteiger charge is -2.17. The number of hydrogen-bond donors (Lipinski definition) is 1. The topological polar surface area (TPSA) is 26.0 Å². The fourth-order valence-corrected chi connectivity index (χ4v) is 1.37. The highest BCUT2D eigenvalue weighted by Gasteiger charge is 2.37. The molecule has 0 aromatic heterocycles. The molecule has 0 spiro atoms. The van der Waals surface area contributed by atoms with Crippen molar-refractivity contribution in [3.8, 4) is 0 Å². The third-order valence-corrected chi connectivity index (χ3v) is 2.17. The highest BCUT2D eigenvalue weighted by molar-refractivity contribution is 5.85. The summed E-state index contributed by atoms with van der Waals surface area (Å²) in [6.07, 6.45) is -9.40. The van der Waals surface area contributed by atoms with Gasteiger partial charge >= 0.3 is 12.4 Å². The van der Waals surface area contributed by atoms with E-state index in [0.717, 1.165) is 0 Å². The van der Waals surface area contributed by atoms with Gasteiger partial charge in [0.2, 0.25) is 0 Å². The Hall–Kier alpha value is -0.950. The maximum Gasteiger partial charge on any atom is 0.416 e. The third kappa shape index (κ3) is 3.78. The van der Waals surface area contributed by atoms with E-state index in [4.69, 9.17) is 5.73 Å². The summed E-state index contributed by atoms with van der Waals surface area (Å²) in [5.74, 6) is 0. The predicted octanol–water partition coefficient (Wildman–Crippen LogP) is 4.17. The van der Waals surface area contributed by atoms with Crippen LogP contribution in [-0.2, 0) is 12.4 Å². The van der Waals surface area contributed by atoms with Crippen LogP contribution in [0.3, 0.4) is 0 Å². The number of alkyl halides is 6. The van der Waals surface area contributed by atoms with Gasteiger partial charge in [0.05, 0.1) is 11.1 Å². The van der Waals surface area contributed by atoms with Crippen LogP contribution >= 0.6 is 12.4 Å². The van der Waals surface area contributed by atoms with Crippen molar-refractivity contribution >= 4 is 12.4 Å². The van der Waals surface area contributed by atoms with Crippen molar-refractivity contribution in [1.82, 2.24) is 0 Å². The molecule has 0 aliphatic carbocycles. The van der Waals surface area contributed by atoms with E-state index >= 15 is 0 Å². The number of hydrogen-bond acceptors (Lipinski definition) is 1. The van der Waals surface area contributed by atoms with Crippen LogP contribution in [-0.4, -0.2) is 0 Å². The summed E-state index contributed by atoms with van der Waals surface area (Å²) < 4.78 is 74.5. The Morgan fingerprint density at radius 1 is 1.00 bits per heavy atom. The molecule has 2 N–H and O–H groups in total. The molecule has 18 heavy (non-hydrogen) atoms. The standard InChI is InChI=1S/C10H9F6N.ClH/c1-5(17)7-4-6(9(11,12)13)2-3-8(7)10(14,15)16;/h2-5H,17H2,1H3;1H/t5-;/m0./s1. The van der Waals surface area contributed by atoms with Crippen LogP contribution in [0.15, 0.2) is 18.2 Å². The highest BCUT2D eigenvalue weighted by atomic mass is 35.5. The Labute approximate surface area is 105 Å². The first kappa shape index (κ1) is 17.1. The lowest BCUT2D eigenvalue weighted by Crippen LogP contribution is -2.17. The molecule has 1 rings (SSSR count). The Balaban J connectivity index is 0.00000289. The monoisotopic (exact) mass is 293 g/mol. The molecule has 0 saturated heterocycles.